The number of nitrogens with zero attached hydrogens (tertiary/aromatic N) is 4. The lowest BCUT2D eigenvalue weighted by molar-refractivity contribution is -0.389. The molecule has 0 fully saturated rings. The smallest absolute Gasteiger partial charge is 0.389 e. The Kier molecular flexibility index (Phi) is 3.88. The zero-order valence-electron chi connectivity index (χ0n) is 10.5. The van der Waals surface area contributed by atoms with Crippen LogP contribution in [0.4, 0.5) is 11.5 Å². The molecule has 0 aliphatic carbocycles. The van der Waals surface area contributed by atoms with Gasteiger partial charge in [0.2, 0.25) is 5.91 Å². The van der Waals surface area contributed by atoms with Crippen LogP contribution in [0.25, 0.3) is 0 Å². The molecule has 0 radical (unpaired) electrons. The summed E-state index contributed by atoms with van der Waals surface area (Å²) in [6.07, 6.45) is 3.77. The van der Waals surface area contributed by atoms with Gasteiger partial charge in [0.15, 0.2) is 0 Å². The van der Waals surface area contributed by atoms with Crippen LogP contribution >= 0.6 is 0 Å². The number of carbonyl (C=O) groups is 2. The number of nitro groups is 1. The van der Waals surface area contributed by atoms with Crippen molar-refractivity contribution in [1.29, 1.82) is 0 Å². The zero-order valence-corrected chi connectivity index (χ0v) is 10.5. The summed E-state index contributed by atoms with van der Waals surface area (Å²) >= 11 is 0. The molecule has 0 spiro atoms. The summed E-state index contributed by atoms with van der Waals surface area (Å²) in [7, 11) is 0. The van der Waals surface area contributed by atoms with Crippen molar-refractivity contribution in [2.45, 2.75) is 6.54 Å². The number of carbonyl (C=O) groups excluding carboxylic acids is 1. The fourth-order valence-corrected chi connectivity index (χ4v) is 1.55. The van der Waals surface area contributed by atoms with Gasteiger partial charge in [0.25, 0.3) is 0 Å². The number of hydrogen-bond acceptors (Lipinski definition) is 6. The normalized spacial score (nSPS) is 10.1. The number of carboxylic acid groups (broad SMARTS) is 1. The average Bonchev–Trinajstić information content (AvgIpc) is 2.87. The standard InChI is InChI=1S/C11H9N5O5/c17-10(6-15-4-2-9(14-15)16(20)21)13-8-5-12-3-1-7(8)11(18)19/h1-5H,6H2,(H,13,17)(H,18,19). The second kappa shape index (κ2) is 5.77. The Hall–Kier alpha value is -3.30. The van der Waals surface area contributed by atoms with Gasteiger partial charge in [-0.3, -0.25) is 9.78 Å². The van der Waals surface area contributed by atoms with Crippen LogP contribution in [0.3, 0.4) is 0 Å². The molecule has 0 saturated heterocycles. The Morgan fingerprint density at radius 1 is 1.43 bits per heavy atom. The van der Waals surface area contributed by atoms with Crippen LogP contribution in [-0.4, -0.2) is 36.7 Å². The van der Waals surface area contributed by atoms with E-state index in [9.17, 15) is 19.7 Å². The van der Waals surface area contributed by atoms with Gasteiger partial charge in [-0.25, -0.2) is 4.79 Å². The molecule has 0 bridgehead atoms. The van der Waals surface area contributed by atoms with Crippen molar-refractivity contribution in [1.82, 2.24) is 14.8 Å². The van der Waals surface area contributed by atoms with Crippen molar-refractivity contribution in [2.75, 3.05) is 5.32 Å². The molecule has 10 nitrogen and oxygen atoms in total. The monoisotopic (exact) mass is 291 g/mol. The molecule has 0 atom stereocenters. The Bertz CT molecular complexity index is 711. The molecule has 108 valence electrons. The molecule has 2 N–H and O–H groups in total. The molecule has 0 unspecified atom stereocenters. The van der Waals surface area contributed by atoms with Crippen LogP contribution in [0.2, 0.25) is 0 Å². The van der Waals surface area contributed by atoms with Crippen LogP contribution in [0, 0.1) is 10.1 Å². The fourth-order valence-electron chi connectivity index (χ4n) is 1.55. The highest BCUT2D eigenvalue weighted by atomic mass is 16.6. The van der Waals surface area contributed by atoms with Crippen LogP contribution in [-0.2, 0) is 11.3 Å². The number of aromatic carboxylic acids is 1. The minimum Gasteiger partial charge on any atom is -0.478 e. The van der Waals surface area contributed by atoms with Gasteiger partial charge in [-0.15, -0.1) is 0 Å². The van der Waals surface area contributed by atoms with Gasteiger partial charge in [0, 0.05) is 6.20 Å². The Labute approximate surface area is 117 Å². The van der Waals surface area contributed by atoms with Gasteiger partial charge in [-0.1, -0.05) is 0 Å². The molecule has 0 aliphatic heterocycles. The van der Waals surface area contributed by atoms with Crippen molar-refractivity contribution in [3.63, 3.8) is 0 Å². The van der Waals surface area contributed by atoms with E-state index >= 15 is 0 Å². The SMILES string of the molecule is O=C(Cn1ccc([N+](=O)[O-])n1)Nc1cnccc1C(=O)O. The number of amides is 1. The molecular weight excluding hydrogens is 282 g/mol. The maximum absolute atomic E-state index is 11.8. The molecule has 21 heavy (non-hydrogen) atoms. The third-order valence-corrected chi connectivity index (χ3v) is 2.44. The third kappa shape index (κ3) is 3.37. The first-order valence-corrected chi connectivity index (χ1v) is 5.62. The lowest BCUT2D eigenvalue weighted by atomic mass is 10.2. The predicted octanol–water partition coefficient (Wildman–Crippen LogP) is 0.523. The molecular formula is C11H9N5O5. The summed E-state index contributed by atoms with van der Waals surface area (Å²) in [5.41, 5.74) is -0.0681. The average molecular weight is 291 g/mol. The van der Waals surface area contributed by atoms with Gasteiger partial charge in [0.1, 0.15) is 6.54 Å². The van der Waals surface area contributed by atoms with E-state index in [1.807, 2.05) is 0 Å². The minimum atomic E-state index is -1.21. The minimum absolute atomic E-state index is 0.0386. The number of hydrogen-bond donors (Lipinski definition) is 2. The van der Waals surface area contributed by atoms with E-state index in [0.717, 1.165) is 10.7 Å². The lowest BCUT2D eigenvalue weighted by Gasteiger charge is -2.06. The first-order valence-electron chi connectivity index (χ1n) is 5.62. The van der Waals surface area contributed by atoms with Crippen molar-refractivity contribution in [3.05, 3.63) is 46.4 Å². The van der Waals surface area contributed by atoms with Crippen molar-refractivity contribution in [2.24, 2.45) is 0 Å². The largest absolute Gasteiger partial charge is 0.478 e. The van der Waals surface area contributed by atoms with E-state index in [0.29, 0.717) is 0 Å². The van der Waals surface area contributed by atoms with Gasteiger partial charge >= 0.3 is 11.8 Å². The summed E-state index contributed by atoms with van der Waals surface area (Å²) < 4.78 is 1.07. The Morgan fingerprint density at radius 3 is 2.81 bits per heavy atom. The zero-order chi connectivity index (χ0) is 15.4. The first-order chi connectivity index (χ1) is 9.97. The molecule has 0 aromatic carbocycles. The van der Waals surface area contributed by atoms with E-state index in [2.05, 4.69) is 15.4 Å². The molecule has 0 aliphatic rings. The van der Waals surface area contributed by atoms with Gasteiger partial charge < -0.3 is 20.5 Å². The number of aromatic nitrogens is 3. The molecule has 2 aromatic rings. The second-order valence-electron chi connectivity index (χ2n) is 3.90. The predicted molar refractivity (Wildman–Crippen MR) is 68.7 cm³/mol. The molecule has 1 amide bonds. The van der Waals surface area contributed by atoms with Crippen LogP contribution in [0.15, 0.2) is 30.7 Å². The summed E-state index contributed by atoms with van der Waals surface area (Å²) in [6, 6.07) is 2.40. The number of anilines is 1. The Balaban J connectivity index is 2.08. The highest BCUT2D eigenvalue weighted by Gasteiger charge is 2.16. The molecule has 0 saturated carbocycles. The van der Waals surface area contributed by atoms with E-state index in [1.165, 1.54) is 24.7 Å². The summed E-state index contributed by atoms with van der Waals surface area (Å²) in [5.74, 6) is -2.17. The van der Waals surface area contributed by atoms with Gasteiger partial charge in [-0.05, 0) is 11.0 Å². The quantitative estimate of drug-likeness (QED) is 0.604. The van der Waals surface area contributed by atoms with E-state index in [4.69, 9.17) is 5.11 Å². The van der Waals surface area contributed by atoms with Crippen LogP contribution in [0.1, 0.15) is 10.4 Å². The topological polar surface area (TPSA) is 140 Å². The van der Waals surface area contributed by atoms with E-state index in [1.54, 1.807) is 0 Å². The summed E-state index contributed by atoms with van der Waals surface area (Å²) in [6.45, 7) is -0.290. The van der Waals surface area contributed by atoms with Crippen molar-refractivity contribution in [3.8, 4) is 0 Å². The first kappa shape index (κ1) is 14.1. The molecule has 2 heterocycles. The van der Waals surface area contributed by atoms with Crippen LogP contribution < -0.4 is 5.32 Å². The maximum atomic E-state index is 11.8. The summed E-state index contributed by atoms with van der Waals surface area (Å²) in [5, 5.41) is 25.4. The molecule has 10 heteroatoms. The maximum Gasteiger partial charge on any atom is 0.389 e. The van der Waals surface area contributed by atoms with Crippen LogP contribution in [0.5, 0.6) is 0 Å². The molecule has 2 rings (SSSR count). The number of carboxylic acids is 1. The highest BCUT2D eigenvalue weighted by Crippen LogP contribution is 2.13. The van der Waals surface area contributed by atoms with Crippen molar-refractivity contribution >= 4 is 23.4 Å². The highest BCUT2D eigenvalue weighted by molar-refractivity contribution is 6.00. The number of nitrogens with one attached hydrogen (secondary N) is 1. The van der Waals surface area contributed by atoms with Gasteiger partial charge in [0.05, 0.1) is 34.8 Å². The van der Waals surface area contributed by atoms with E-state index < -0.39 is 16.8 Å². The molecule has 2 aromatic heterocycles. The summed E-state index contributed by atoms with van der Waals surface area (Å²) in [4.78, 5) is 36.3. The fraction of sp³-hybridized carbons (Fsp3) is 0.0909. The Morgan fingerprint density at radius 2 is 2.19 bits per heavy atom. The van der Waals surface area contributed by atoms with Crippen molar-refractivity contribution < 1.29 is 19.6 Å². The lowest BCUT2D eigenvalue weighted by Crippen LogP contribution is -2.20. The second-order valence-corrected chi connectivity index (χ2v) is 3.90. The van der Waals surface area contributed by atoms with Gasteiger partial charge in [-0.2, -0.15) is 4.68 Å². The third-order valence-electron chi connectivity index (χ3n) is 2.44. The number of pyridine rings is 1. The van der Waals surface area contributed by atoms with E-state index in [-0.39, 0.29) is 23.6 Å². The number of rotatable bonds is 5.